The van der Waals surface area contributed by atoms with Gasteiger partial charge in [-0.3, -0.25) is 0 Å². The molecular formula is C10H16Cl4. The minimum atomic E-state index is -0.220. The number of rotatable bonds is 4. The van der Waals surface area contributed by atoms with Gasteiger partial charge in [0, 0.05) is 5.88 Å². The Kier molecular flexibility index (Phi) is 6.31. The van der Waals surface area contributed by atoms with E-state index in [0.29, 0.717) is 11.8 Å². The van der Waals surface area contributed by atoms with Gasteiger partial charge in [0.2, 0.25) is 0 Å². The van der Waals surface area contributed by atoms with Crippen molar-refractivity contribution in [1.29, 1.82) is 0 Å². The highest BCUT2D eigenvalue weighted by Crippen LogP contribution is 2.34. The molecule has 0 aromatic carbocycles. The normalized spacial score (nSPS) is 25.7. The Morgan fingerprint density at radius 3 is 2.07 bits per heavy atom. The topological polar surface area (TPSA) is 0 Å². The van der Waals surface area contributed by atoms with E-state index in [2.05, 4.69) is 0 Å². The molecule has 0 heterocycles. The van der Waals surface area contributed by atoms with E-state index in [0.717, 1.165) is 0 Å². The van der Waals surface area contributed by atoms with Gasteiger partial charge < -0.3 is 0 Å². The Balaban J connectivity index is 2.41. The van der Waals surface area contributed by atoms with Gasteiger partial charge in [0.05, 0.1) is 16.1 Å². The highest BCUT2D eigenvalue weighted by molar-refractivity contribution is 6.37. The summed E-state index contributed by atoms with van der Waals surface area (Å²) in [5.41, 5.74) is 0. The van der Waals surface area contributed by atoms with Gasteiger partial charge in [0.15, 0.2) is 0 Å². The van der Waals surface area contributed by atoms with Gasteiger partial charge >= 0.3 is 0 Å². The van der Waals surface area contributed by atoms with Crippen molar-refractivity contribution >= 4 is 46.4 Å². The maximum atomic E-state index is 6.31. The van der Waals surface area contributed by atoms with Crippen LogP contribution in [0.25, 0.3) is 0 Å². The quantitative estimate of drug-likeness (QED) is 0.658. The minimum absolute atomic E-state index is 0.0294. The average Bonchev–Trinajstić information content (AvgIpc) is 2.27. The molecule has 0 aromatic heterocycles. The molecular weight excluding hydrogens is 262 g/mol. The summed E-state index contributed by atoms with van der Waals surface area (Å²) in [7, 11) is 0. The Morgan fingerprint density at radius 1 is 1.00 bits per heavy atom. The molecule has 14 heavy (non-hydrogen) atoms. The number of hydrogen-bond acceptors (Lipinski definition) is 0. The highest BCUT2D eigenvalue weighted by Gasteiger charge is 2.31. The fourth-order valence-corrected chi connectivity index (χ4v) is 3.23. The van der Waals surface area contributed by atoms with Crippen LogP contribution in [0, 0.1) is 5.92 Å². The van der Waals surface area contributed by atoms with Crippen LogP contribution < -0.4 is 0 Å². The van der Waals surface area contributed by atoms with Crippen LogP contribution in [0.4, 0.5) is 0 Å². The van der Waals surface area contributed by atoms with Gasteiger partial charge in [0.1, 0.15) is 0 Å². The molecule has 0 bridgehead atoms. The highest BCUT2D eigenvalue weighted by atomic mass is 35.5. The zero-order valence-corrected chi connectivity index (χ0v) is 11.1. The molecule has 0 aromatic rings. The molecule has 3 unspecified atom stereocenters. The van der Waals surface area contributed by atoms with Crippen molar-refractivity contribution in [1.82, 2.24) is 0 Å². The molecule has 1 rings (SSSR count). The molecule has 0 N–H and O–H groups in total. The zero-order chi connectivity index (χ0) is 10.6. The Hall–Kier alpha value is 1.16. The van der Waals surface area contributed by atoms with Crippen LogP contribution in [-0.4, -0.2) is 22.0 Å². The summed E-state index contributed by atoms with van der Waals surface area (Å²) in [4.78, 5) is 0. The fourth-order valence-electron chi connectivity index (χ4n) is 2.00. The second-order valence-corrected chi connectivity index (χ2v) is 5.83. The second kappa shape index (κ2) is 6.68. The van der Waals surface area contributed by atoms with Gasteiger partial charge in [-0.1, -0.05) is 19.3 Å². The van der Waals surface area contributed by atoms with E-state index in [1.165, 1.54) is 32.1 Å². The van der Waals surface area contributed by atoms with E-state index in [9.17, 15) is 0 Å². The monoisotopic (exact) mass is 276 g/mol. The summed E-state index contributed by atoms with van der Waals surface area (Å²) < 4.78 is 0. The average molecular weight is 278 g/mol. The first-order valence-electron chi connectivity index (χ1n) is 5.15. The maximum absolute atomic E-state index is 6.31. The molecule has 0 spiro atoms. The van der Waals surface area contributed by atoms with Crippen LogP contribution in [0.1, 0.15) is 32.1 Å². The first kappa shape index (κ1) is 13.2. The Labute approximate surface area is 106 Å². The van der Waals surface area contributed by atoms with Gasteiger partial charge in [-0.05, 0) is 18.8 Å². The molecule has 84 valence electrons. The summed E-state index contributed by atoms with van der Waals surface area (Å²) in [6.07, 6.45) is 6.23. The van der Waals surface area contributed by atoms with Crippen molar-refractivity contribution in [2.75, 3.05) is 5.88 Å². The van der Waals surface area contributed by atoms with E-state index in [4.69, 9.17) is 46.4 Å². The van der Waals surface area contributed by atoms with Gasteiger partial charge in [-0.25, -0.2) is 0 Å². The lowest BCUT2D eigenvalue weighted by Gasteiger charge is -2.30. The second-order valence-electron chi connectivity index (χ2n) is 3.96. The van der Waals surface area contributed by atoms with Crippen LogP contribution in [0.15, 0.2) is 0 Å². The lowest BCUT2D eigenvalue weighted by Crippen LogP contribution is -2.33. The smallest absolute Gasteiger partial charge is 0.0677 e. The van der Waals surface area contributed by atoms with Gasteiger partial charge in [0.25, 0.3) is 0 Å². The molecule has 4 heteroatoms. The number of halogens is 4. The van der Waals surface area contributed by atoms with E-state index in [1.807, 2.05) is 0 Å². The molecule has 1 aliphatic rings. The third-order valence-electron chi connectivity index (χ3n) is 2.90. The number of alkyl halides is 4. The van der Waals surface area contributed by atoms with Crippen molar-refractivity contribution in [3.05, 3.63) is 0 Å². The standard InChI is InChI=1S/C10H16Cl4/c11-6-8(12)10(14)9(13)7-4-2-1-3-5-7/h7-10H,1-6H2. The van der Waals surface area contributed by atoms with Crippen molar-refractivity contribution in [3.8, 4) is 0 Å². The Morgan fingerprint density at radius 2 is 1.57 bits per heavy atom. The zero-order valence-electron chi connectivity index (χ0n) is 8.06. The summed E-state index contributed by atoms with van der Waals surface area (Å²) in [5, 5.41) is -0.458. The summed E-state index contributed by atoms with van der Waals surface area (Å²) in [6, 6.07) is 0. The fraction of sp³-hybridized carbons (Fsp3) is 1.00. The van der Waals surface area contributed by atoms with Crippen LogP contribution >= 0.6 is 46.4 Å². The summed E-state index contributed by atoms with van der Waals surface area (Å²) in [5.74, 6) is 0.892. The van der Waals surface area contributed by atoms with E-state index in [-0.39, 0.29) is 16.1 Å². The molecule has 0 saturated heterocycles. The SMILES string of the molecule is ClCC(Cl)C(Cl)C(Cl)C1CCCCC1. The molecule has 1 saturated carbocycles. The molecule has 3 atom stereocenters. The van der Waals surface area contributed by atoms with Crippen LogP contribution in [-0.2, 0) is 0 Å². The maximum Gasteiger partial charge on any atom is 0.0677 e. The predicted molar refractivity (Wildman–Crippen MR) is 66.2 cm³/mol. The van der Waals surface area contributed by atoms with Crippen molar-refractivity contribution < 1.29 is 0 Å². The lowest BCUT2D eigenvalue weighted by atomic mass is 9.85. The molecule has 1 aliphatic carbocycles. The third-order valence-corrected chi connectivity index (χ3v) is 5.27. The lowest BCUT2D eigenvalue weighted by molar-refractivity contribution is 0.339. The largest absolute Gasteiger partial charge is 0.125 e. The Bertz CT molecular complexity index is 154. The van der Waals surface area contributed by atoms with Gasteiger partial charge in [-0.2, -0.15) is 0 Å². The molecule has 0 amide bonds. The minimum Gasteiger partial charge on any atom is -0.125 e. The van der Waals surface area contributed by atoms with Crippen molar-refractivity contribution in [2.45, 2.75) is 48.2 Å². The molecule has 0 nitrogen and oxygen atoms in total. The van der Waals surface area contributed by atoms with E-state index in [1.54, 1.807) is 0 Å². The van der Waals surface area contributed by atoms with Crippen LogP contribution in [0.5, 0.6) is 0 Å². The molecule has 1 fully saturated rings. The predicted octanol–water partition coefficient (Wildman–Crippen LogP) is 4.63. The van der Waals surface area contributed by atoms with E-state index < -0.39 is 0 Å². The van der Waals surface area contributed by atoms with Crippen LogP contribution in [0.3, 0.4) is 0 Å². The van der Waals surface area contributed by atoms with Crippen molar-refractivity contribution in [3.63, 3.8) is 0 Å². The third kappa shape index (κ3) is 3.63. The van der Waals surface area contributed by atoms with Crippen LogP contribution in [0.2, 0.25) is 0 Å². The number of hydrogen-bond donors (Lipinski definition) is 0. The summed E-state index contributed by atoms with van der Waals surface area (Å²) >= 11 is 24.1. The first-order chi connectivity index (χ1) is 6.66. The van der Waals surface area contributed by atoms with E-state index >= 15 is 0 Å². The molecule has 0 radical (unpaired) electrons. The first-order valence-corrected chi connectivity index (χ1v) is 6.99. The van der Waals surface area contributed by atoms with Gasteiger partial charge in [-0.15, -0.1) is 46.4 Å². The molecule has 0 aliphatic heterocycles. The van der Waals surface area contributed by atoms with Crippen molar-refractivity contribution in [2.24, 2.45) is 5.92 Å². The summed E-state index contributed by atoms with van der Waals surface area (Å²) in [6.45, 7) is 0.